The average Bonchev–Trinajstić information content (AvgIpc) is 3.49. The molecule has 3 aliphatic rings. The first-order valence-corrected chi connectivity index (χ1v) is 11.9. The van der Waals surface area contributed by atoms with Gasteiger partial charge in [-0.15, -0.1) is 11.3 Å². The molecule has 0 bridgehead atoms. The highest BCUT2D eigenvalue weighted by molar-refractivity contribution is 7.09. The number of hydrogen-bond acceptors (Lipinski definition) is 7. The molecule has 2 saturated heterocycles. The summed E-state index contributed by atoms with van der Waals surface area (Å²) in [6.07, 6.45) is 4.07. The molecule has 1 spiro atoms. The fourth-order valence-corrected chi connectivity index (χ4v) is 5.42. The number of rotatable bonds is 5. The zero-order chi connectivity index (χ0) is 21.4. The Morgan fingerprint density at radius 2 is 2.06 bits per heavy atom. The Labute approximate surface area is 190 Å². The number of benzene rings is 1. The largest absolute Gasteiger partial charge is 0.454 e. The molecule has 0 unspecified atom stereocenters. The van der Waals surface area contributed by atoms with E-state index in [-0.39, 0.29) is 24.4 Å². The fraction of sp³-hybridized carbons (Fsp3) is 0.545. The number of carbonyl (C=O) groups is 1. The van der Waals surface area contributed by atoms with Crippen molar-refractivity contribution in [3.05, 3.63) is 38.8 Å². The van der Waals surface area contributed by atoms with Gasteiger partial charge in [-0.05, 0) is 44.2 Å². The molecule has 1 atom stereocenters. The van der Waals surface area contributed by atoms with Crippen LogP contribution in [-0.2, 0) is 11.3 Å². The highest BCUT2D eigenvalue weighted by Crippen LogP contribution is 2.40. The minimum absolute atomic E-state index is 0.0677. The SMILES string of the molecule is Cc1nc(C(=O)NC[C@@H]2CCC3(CCN(Cc4cc5c(cc4Cl)OCO5)CC3)O2)cs1. The van der Waals surface area contributed by atoms with Crippen LogP contribution in [0.3, 0.4) is 0 Å². The molecule has 0 saturated carbocycles. The Hall–Kier alpha value is -1.87. The van der Waals surface area contributed by atoms with Crippen molar-refractivity contribution < 1.29 is 19.0 Å². The molecule has 3 aliphatic heterocycles. The number of piperidine rings is 1. The quantitative estimate of drug-likeness (QED) is 0.727. The lowest BCUT2D eigenvalue weighted by molar-refractivity contribution is -0.0764. The van der Waals surface area contributed by atoms with Crippen LogP contribution in [0.25, 0.3) is 0 Å². The maximum absolute atomic E-state index is 12.2. The van der Waals surface area contributed by atoms with Crippen molar-refractivity contribution >= 4 is 28.8 Å². The molecule has 0 radical (unpaired) electrons. The van der Waals surface area contributed by atoms with Crippen molar-refractivity contribution in [2.75, 3.05) is 26.4 Å². The van der Waals surface area contributed by atoms with Crippen molar-refractivity contribution in [1.82, 2.24) is 15.2 Å². The van der Waals surface area contributed by atoms with E-state index in [0.29, 0.717) is 23.0 Å². The third kappa shape index (κ3) is 4.53. The van der Waals surface area contributed by atoms with Crippen LogP contribution in [0.4, 0.5) is 0 Å². The molecule has 2 fully saturated rings. The van der Waals surface area contributed by atoms with E-state index in [2.05, 4.69) is 15.2 Å². The van der Waals surface area contributed by atoms with Crippen molar-refractivity contribution in [2.24, 2.45) is 0 Å². The monoisotopic (exact) mass is 463 g/mol. The topological polar surface area (TPSA) is 72.9 Å². The van der Waals surface area contributed by atoms with Gasteiger partial charge >= 0.3 is 0 Å². The Morgan fingerprint density at radius 1 is 1.29 bits per heavy atom. The number of nitrogens with zero attached hydrogens (tertiary/aromatic N) is 2. The maximum atomic E-state index is 12.2. The van der Waals surface area contributed by atoms with E-state index in [1.807, 2.05) is 19.1 Å². The second kappa shape index (κ2) is 8.58. The number of carbonyl (C=O) groups excluding carboxylic acids is 1. The minimum atomic E-state index is -0.121. The summed E-state index contributed by atoms with van der Waals surface area (Å²) >= 11 is 7.93. The normalized spacial score (nSPS) is 22.2. The minimum Gasteiger partial charge on any atom is -0.454 e. The van der Waals surface area contributed by atoms with E-state index < -0.39 is 0 Å². The van der Waals surface area contributed by atoms with Gasteiger partial charge in [0.1, 0.15) is 5.69 Å². The highest BCUT2D eigenvalue weighted by Gasteiger charge is 2.42. The number of aryl methyl sites for hydroxylation is 1. The van der Waals surface area contributed by atoms with Gasteiger partial charge in [-0.2, -0.15) is 0 Å². The molecule has 1 aromatic carbocycles. The molecule has 0 aliphatic carbocycles. The smallest absolute Gasteiger partial charge is 0.270 e. The average molecular weight is 464 g/mol. The summed E-state index contributed by atoms with van der Waals surface area (Å²) in [4.78, 5) is 18.9. The molecule has 2 aromatic rings. The molecular weight excluding hydrogens is 438 g/mol. The van der Waals surface area contributed by atoms with Crippen LogP contribution < -0.4 is 14.8 Å². The standard InChI is InChI=1S/C22H26ClN3O4S/c1-14-25-18(12-31-14)21(27)24-10-16-2-3-22(30-16)4-6-26(7-5-22)11-15-8-19-20(9-17(15)23)29-13-28-19/h8-9,12,16H,2-7,10-11,13H2,1H3,(H,24,27)/t16-/m0/s1. The lowest BCUT2D eigenvalue weighted by Gasteiger charge is -2.39. The number of amides is 1. The van der Waals surface area contributed by atoms with Crippen LogP contribution in [-0.4, -0.2) is 53.9 Å². The highest BCUT2D eigenvalue weighted by atomic mass is 35.5. The van der Waals surface area contributed by atoms with Gasteiger partial charge in [0.2, 0.25) is 6.79 Å². The zero-order valence-electron chi connectivity index (χ0n) is 17.5. The van der Waals surface area contributed by atoms with Gasteiger partial charge in [0, 0.05) is 42.6 Å². The number of thiazole rings is 1. The molecule has 1 aromatic heterocycles. The van der Waals surface area contributed by atoms with Gasteiger partial charge in [0.15, 0.2) is 11.5 Å². The predicted molar refractivity (Wildman–Crippen MR) is 118 cm³/mol. The molecule has 7 nitrogen and oxygen atoms in total. The first-order chi connectivity index (χ1) is 15.0. The first-order valence-electron chi connectivity index (χ1n) is 10.7. The van der Waals surface area contributed by atoms with E-state index in [1.54, 1.807) is 5.38 Å². The van der Waals surface area contributed by atoms with Crippen LogP contribution in [0.5, 0.6) is 11.5 Å². The summed E-state index contributed by atoms with van der Waals surface area (Å²) in [5, 5.41) is 6.39. The van der Waals surface area contributed by atoms with E-state index >= 15 is 0 Å². The lowest BCUT2D eigenvalue weighted by atomic mass is 9.88. The Balaban J connectivity index is 1.11. The van der Waals surface area contributed by atoms with Crippen molar-refractivity contribution in [2.45, 2.75) is 50.9 Å². The van der Waals surface area contributed by atoms with Crippen LogP contribution in [0.1, 0.15) is 46.7 Å². The summed E-state index contributed by atoms with van der Waals surface area (Å²) in [5.41, 5.74) is 1.49. The Morgan fingerprint density at radius 3 is 2.81 bits per heavy atom. The molecular formula is C22H26ClN3O4S. The number of ether oxygens (including phenoxy) is 3. The second-order valence-electron chi connectivity index (χ2n) is 8.50. The fourth-order valence-electron chi connectivity index (χ4n) is 4.61. The van der Waals surface area contributed by atoms with Gasteiger partial charge in [-0.25, -0.2) is 4.98 Å². The van der Waals surface area contributed by atoms with Crippen molar-refractivity contribution in [3.8, 4) is 11.5 Å². The van der Waals surface area contributed by atoms with Crippen LogP contribution >= 0.6 is 22.9 Å². The maximum Gasteiger partial charge on any atom is 0.270 e. The molecule has 4 heterocycles. The molecule has 31 heavy (non-hydrogen) atoms. The van der Waals surface area contributed by atoms with Gasteiger partial charge in [0.25, 0.3) is 5.91 Å². The van der Waals surface area contributed by atoms with E-state index in [1.165, 1.54) is 11.3 Å². The predicted octanol–water partition coefficient (Wildman–Crippen LogP) is 3.78. The first kappa shape index (κ1) is 21.0. The van der Waals surface area contributed by atoms with Gasteiger partial charge in [-0.1, -0.05) is 11.6 Å². The van der Waals surface area contributed by atoms with Crippen LogP contribution in [0, 0.1) is 6.92 Å². The van der Waals surface area contributed by atoms with Gasteiger partial charge in [-0.3, -0.25) is 9.69 Å². The summed E-state index contributed by atoms with van der Waals surface area (Å²) < 4.78 is 17.3. The molecule has 166 valence electrons. The zero-order valence-corrected chi connectivity index (χ0v) is 19.1. The number of halogens is 1. The van der Waals surface area contributed by atoms with Gasteiger partial charge in [0.05, 0.1) is 16.7 Å². The third-order valence-corrected chi connectivity index (χ3v) is 7.51. The summed E-state index contributed by atoms with van der Waals surface area (Å²) in [5.74, 6) is 1.36. The van der Waals surface area contributed by atoms with E-state index in [9.17, 15) is 4.79 Å². The number of likely N-dealkylation sites (tertiary alicyclic amines) is 1. The van der Waals surface area contributed by atoms with Crippen LogP contribution in [0.15, 0.2) is 17.5 Å². The molecule has 1 N–H and O–H groups in total. The number of nitrogens with one attached hydrogen (secondary N) is 1. The molecule has 9 heteroatoms. The Bertz CT molecular complexity index is 974. The number of fused-ring (bicyclic) bond motifs is 1. The molecule has 5 rings (SSSR count). The van der Waals surface area contributed by atoms with E-state index in [0.717, 1.165) is 61.6 Å². The lowest BCUT2D eigenvalue weighted by Crippen LogP contribution is -2.44. The third-order valence-electron chi connectivity index (χ3n) is 6.38. The summed E-state index contributed by atoms with van der Waals surface area (Å²) in [6.45, 7) is 5.40. The molecule has 1 amide bonds. The summed E-state index contributed by atoms with van der Waals surface area (Å²) in [7, 11) is 0. The van der Waals surface area contributed by atoms with Crippen LogP contribution in [0.2, 0.25) is 5.02 Å². The van der Waals surface area contributed by atoms with Crippen molar-refractivity contribution in [1.29, 1.82) is 0 Å². The number of hydrogen-bond donors (Lipinski definition) is 1. The second-order valence-corrected chi connectivity index (χ2v) is 9.97. The van der Waals surface area contributed by atoms with Gasteiger partial charge < -0.3 is 19.5 Å². The van der Waals surface area contributed by atoms with E-state index in [4.69, 9.17) is 25.8 Å². The summed E-state index contributed by atoms with van der Waals surface area (Å²) in [6, 6.07) is 3.83. The van der Waals surface area contributed by atoms with Crippen molar-refractivity contribution in [3.63, 3.8) is 0 Å². The number of aromatic nitrogens is 1. The Kier molecular flexibility index (Phi) is 5.81.